The highest BCUT2D eigenvalue weighted by atomic mass is 35.5. The van der Waals surface area contributed by atoms with E-state index < -0.39 is 4.92 Å². The molecule has 1 saturated heterocycles. The molecular formula is C14H17ClN2O3. The van der Waals surface area contributed by atoms with E-state index in [0.29, 0.717) is 17.5 Å². The van der Waals surface area contributed by atoms with E-state index in [0.717, 1.165) is 12.8 Å². The molecule has 1 amide bonds. The predicted octanol–water partition coefficient (Wildman–Crippen LogP) is 3.51. The fourth-order valence-corrected chi connectivity index (χ4v) is 2.90. The molecule has 0 radical (unpaired) electrons. The number of carbonyl (C=O) groups is 1. The molecule has 0 bridgehead atoms. The number of hydrogen-bond donors (Lipinski definition) is 0. The summed E-state index contributed by atoms with van der Waals surface area (Å²) >= 11 is 5.88. The van der Waals surface area contributed by atoms with Crippen LogP contribution < -0.4 is 0 Å². The van der Waals surface area contributed by atoms with Gasteiger partial charge in [-0.1, -0.05) is 25.4 Å². The molecule has 1 aliphatic rings. The van der Waals surface area contributed by atoms with Crippen LogP contribution in [0.4, 0.5) is 5.69 Å². The quantitative estimate of drug-likeness (QED) is 0.633. The minimum Gasteiger partial charge on any atom is -0.335 e. The molecule has 1 fully saturated rings. The van der Waals surface area contributed by atoms with Gasteiger partial charge < -0.3 is 4.90 Å². The second-order valence-corrected chi connectivity index (χ2v) is 5.81. The minimum absolute atomic E-state index is 0.0788. The number of nitro benzene ring substituents is 1. The molecule has 6 heteroatoms. The maximum atomic E-state index is 12.6. The van der Waals surface area contributed by atoms with Crippen LogP contribution in [0, 0.1) is 16.0 Å². The van der Waals surface area contributed by atoms with Crippen molar-refractivity contribution in [3.05, 3.63) is 38.9 Å². The largest absolute Gasteiger partial charge is 0.335 e. The van der Waals surface area contributed by atoms with Crippen LogP contribution in [-0.2, 0) is 0 Å². The summed E-state index contributed by atoms with van der Waals surface area (Å²) in [5.41, 5.74) is -0.108. The summed E-state index contributed by atoms with van der Waals surface area (Å²) in [7, 11) is 0. The first-order chi connectivity index (χ1) is 9.41. The molecule has 1 unspecified atom stereocenters. The summed E-state index contributed by atoms with van der Waals surface area (Å²) in [5.74, 6) is 0.0371. The highest BCUT2D eigenvalue weighted by Crippen LogP contribution is 2.29. The smallest absolute Gasteiger partial charge is 0.282 e. The van der Waals surface area contributed by atoms with E-state index in [1.54, 1.807) is 4.90 Å². The molecule has 0 aromatic heterocycles. The average Bonchev–Trinajstić information content (AvgIpc) is 2.86. The van der Waals surface area contributed by atoms with Crippen molar-refractivity contribution in [1.29, 1.82) is 0 Å². The lowest BCUT2D eigenvalue weighted by Crippen LogP contribution is -2.38. The third-order valence-electron chi connectivity index (χ3n) is 3.72. The second-order valence-electron chi connectivity index (χ2n) is 5.37. The van der Waals surface area contributed by atoms with Gasteiger partial charge in [0, 0.05) is 23.7 Å². The van der Waals surface area contributed by atoms with Crippen molar-refractivity contribution >= 4 is 23.2 Å². The molecule has 0 aliphatic carbocycles. The summed E-state index contributed by atoms with van der Waals surface area (Å²) in [6.07, 6.45) is 1.88. The van der Waals surface area contributed by atoms with E-state index in [-0.39, 0.29) is 23.2 Å². The van der Waals surface area contributed by atoms with Crippen LogP contribution in [0.5, 0.6) is 0 Å². The zero-order chi connectivity index (χ0) is 14.9. The van der Waals surface area contributed by atoms with Gasteiger partial charge in [0.25, 0.3) is 11.6 Å². The summed E-state index contributed by atoms with van der Waals surface area (Å²) in [4.78, 5) is 24.9. The van der Waals surface area contributed by atoms with Gasteiger partial charge in [0.15, 0.2) is 0 Å². The van der Waals surface area contributed by atoms with Gasteiger partial charge in [-0.3, -0.25) is 14.9 Å². The first-order valence-electron chi connectivity index (χ1n) is 6.66. The third-order valence-corrected chi connectivity index (χ3v) is 3.95. The Labute approximate surface area is 122 Å². The summed E-state index contributed by atoms with van der Waals surface area (Å²) in [6.45, 7) is 4.76. The van der Waals surface area contributed by atoms with Crippen LogP contribution >= 0.6 is 11.6 Å². The third kappa shape index (κ3) is 2.77. The maximum Gasteiger partial charge on any atom is 0.282 e. The summed E-state index contributed by atoms with van der Waals surface area (Å²) in [5, 5.41) is 11.4. The molecule has 108 valence electrons. The van der Waals surface area contributed by atoms with Gasteiger partial charge in [-0.15, -0.1) is 0 Å². The first kappa shape index (κ1) is 14.8. The molecule has 0 N–H and O–H groups in total. The summed E-state index contributed by atoms with van der Waals surface area (Å²) in [6, 6.07) is 4.25. The van der Waals surface area contributed by atoms with Crippen LogP contribution in [0.25, 0.3) is 0 Å². The predicted molar refractivity (Wildman–Crippen MR) is 77.0 cm³/mol. The molecule has 1 aliphatic heterocycles. The van der Waals surface area contributed by atoms with E-state index in [4.69, 9.17) is 11.6 Å². The Bertz CT molecular complexity index is 545. The number of amides is 1. The number of nitrogens with zero attached hydrogens (tertiary/aromatic N) is 2. The monoisotopic (exact) mass is 296 g/mol. The van der Waals surface area contributed by atoms with Gasteiger partial charge >= 0.3 is 0 Å². The Morgan fingerprint density at radius 2 is 2.20 bits per heavy atom. The zero-order valence-electron chi connectivity index (χ0n) is 11.5. The van der Waals surface area contributed by atoms with Gasteiger partial charge in [-0.2, -0.15) is 0 Å². The Hall–Kier alpha value is -1.62. The number of nitro groups is 1. The van der Waals surface area contributed by atoms with Gasteiger partial charge in [0.05, 0.1) is 4.92 Å². The lowest BCUT2D eigenvalue weighted by Gasteiger charge is -2.27. The standard InChI is InChI=1S/C14H17ClN2O3/c1-9(2)12-4-3-7-16(12)14(18)11-8-10(15)5-6-13(11)17(19)20/h5-6,8-9,12H,3-4,7H2,1-2H3. The van der Waals surface area contributed by atoms with Crippen molar-refractivity contribution in [2.75, 3.05) is 6.54 Å². The Balaban J connectivity index is 2.38. The molecule has 20 heavy (non-hydrogen) atoms. The normalized spacial score (nSPS) is 18.6. The average molecular weight is 297 g/mol. The fraction of sp³-hybridized carbons (Fsp3) is 0.500. The Kier molecular flexibility index (Phi) is 4.28. The number of benzene rings is 1. The first-order valence-corrected chi connectivity index (χ1v) is 7.04. The molecule has 5 nitrogen and oxygen atoms in total. The van der Waals surface area contributed by atoms with Gasteiger partial charge in [-0.25, -0.2) is 0 Å². The lowest BCUT2D eigenvalue weighted by atomic mass is 10.0. The number of hydrogen-bond acceptors (Lipinski definition) is 3. The number of rotatable bonds is 3. The van der Waals surface area contributed by atoms with Crippen molar-refractivity contribution in [1.82, 2.24) is 4.90 Å². The topological polar surface area (TPSA) is 63.5 Å². The maximum absolute atomic E-state index is 12.6. The molecule has 0 spiro atoms. The Morgan fingerprint density at radius 3 is 2.80 bits per heavy atom. The van der Waals surface area contributed by atoms with Crippen molar-refractivity contribution in [2.45, 2.75) is 32.7 Å². The molecule has 1 atom stereocenters. The number of halogens is 1. The summed E-state index contributed by atoms with van der Waals surface area (Å²) < 4.78 is 0. The van der Waals surface area contributed by atoms with E-state index in [2.05, 4.69) is 13.8 Å². The van der Waals surface area contributed by atoms with Crippen LogP contribution in [0.2, 0.25) is 5.02 Å². The van der Waals surface area contributed by atoms with Crippen molar-refractivity contribution in [3.63, 3.8) is 0 Å². The van der Waals surface area contributed by atoms with Crippen LogP contribution in [0.1, 0.15) is 37.0 Å². The van der Waals surface area contributed by atoms with Crippen molar-refractivity contribution in [3.8, 4) is 0 Å². The number of likely N-dealkylation sites (tertiary alicyclic amines) is 1. The van der Waals surface area contributed by atoms with E-state index >= 15 is 0 Å². The minimum atomic E-state index is -0.538. The highest BCUT2D eigenvalue weighted by Gasteiger charge is 2.34. The van der Waals surface area contributed by atoms with Crippen LogP contribution in [-0.4, -0.2) is 28.3 Å². The second kappa shape index (κ2) is 5.79. The van der Waals surface area contributed by atoms with Crippen LogP contribution in [0.3, 0.4) is 0 Å². The molecular weight excluding hydrogens is 280 g/mol. The molecule has 1 aromatic rings. The van der Waals surface area contributed by atoms with Gasteiger partial charge in [0.1, 0.15) is 5.56 Å². The highest BCUT2D eigenvalue weighted by molar-refractivity contribution is 6.31. The molecule has 1 aromatic carbocycles. The van der Waals surface area contributed by atoms with E-state index in [1.165, 1.54) is 18.2 Å². The molecule has 0 saturated carbocycles. The lowest BCUT2D eigenvalue weighted by molar-refractivity contribution is -0.385. The molecule has 1 heterocycles. The SMILES string of the molecule is CC(C)C1CCCN1C(=O)c1cc(Cl)ccc1[N+](=O)[O-]. The fourth-order valence-electron chi connectivity index (χ4n) is 2.73. The van der Waals surface area contributed by atoms with Crippen molar-refractivity contribution < 1.29 is 9.72 Å². The van der Waals surface area contributed by atoms with Crippen molar-refractivity contribution in [2.24, 2.45) is 5.92 Å². The molecule has 2 rings (SSSR count). The van der Waals surface area contributed by atoms with E-state index in [9.17, 15) is 14.9 Å². The van der Waals surface area contributed by atoms with Gasteiger partial charge in [-0.05, 0) is 30.9 Å². The van der Waals surface area contributed by atoms with Crippen LogP contribution in [0.15, 0.2) is 18.2 Å². The van der Waals surface area contributed by atoms with E-state index in [1.807, 2.05) is 0 Å². The number of carbonyl (C=O) groups excluding carboxylic acids is 1. The Morgan fingerprint density at radius 1 is 1.50 bits per heavy atom. The van der Waals surface area contributed by atoms with Gasteiger partial charge in [0.2, 0.25) is 0 Å². The zero-order valence-corrected chi connectivity index (χ0v) is 12.3.